The van der Waals surface area contributed by atoms with Gasteiger partial charge in [-0.2, -0.15) is 10.2 Å². The van der Waals surface area contributed by atoms with Crippen LogP contribution in [0.3, 0.4) is 0 Å². The lowest BCUT2D eigenvalue weighted by atomic mass is 10.3. The second kappa shape index (κ2) is 3.86. The minimum atomic E-state index is 0.536. The molecule has 5 nitrogen and oxygen atoms in total. The number of aryl methyl sites for hydroxylation is 2. The van der Waals surface area contributed by atoms with Gasteiger partial charge in [0.1, 0.15) is 0 Å². The molecule has 0 atom stereocenters. The summed E-state index contributed by atoms with van der Waals surface area (Å²) in [6.07, 6.45) is 3.90. The molecule has 0 aliphatic heterocycles. The Balaban J connectivity index is 2.17. The first-order chi connectivity index (χ1) is 7.19. The maximum Gasteiger partial charge on any atom is 0.0850 e. The number of rotatable bonds is 3. The van der Waals surface area contributed by atoms with Crippen molar-refractivity contribution in [2.75, 3.05) is 0 Å². The van der Waals surface area contributed by atoms with Crippen LogP contribution in [-0.4, -0.2) is 19.6 Å². The van der Waals surface area contributed by atoms with Gasteiger partial charge in [-0.1, -0.05) is 0 Å². The Bertz CT molecular complexity index is 454. The van der Waals surface area contributed by atoms with Gasteiger partial charge in [0.25, 0.3) is 0 Å². The molecule has 2 heterocycles. The van der Waals surface area contributed by atoms with E-state index >= 15 is 0 Å². The molecule has 15 heavy (non-hydrogen) atoms. The van der Waals surface area contributed by atoms with E-state index in [9.17, 15) is 0 Å². The smallest absolute Gasteiger partial charge is 0.0850 e. The Labute approximate surface area is 88.5 Å². The maximum atomic E-state index is 5.59. The van der Waals surface area contributed by atoms with Crippen LogP contribution in [0, 0.1) is 6.92 Å². The SMILES string of the molecule is Cc1nn(Cc2ccn(C)n2)cc1CN. The average Bonchev–Trinajstić information content (AvgIpc) is 2.73. The molecule has 0 aromatic carbocycles. The number of hydrogen-bond donors (Lipinski definition) is 1. The molecule has 0 aliphatic carbocycles. The van der Waals surface area contributed by atoms with Gasteiger partial charge in [0.15, 0.2) is 0 Å². The number of nitrogens with two attached hydrogens (primary N) is 1. The monoisotopic (exact) mass is 205 g/mol. The van der Waals surface area contributed by atoms with Crippen molar-refractivity contribution in [3.8, 4) is 0 Å². The highest BCUT2D eigenvalue weighted by Gasteiger charge is 2.04. The van der Waals surface area contributed by atoms with E-state index in [0.29, 0.717) is 13.1 Å². The van der Waals surface area contributed by atoms with Gasteiger partial charge < -0.3 is 5.73 Å². The lowest BCUT2D eigenvalue weighted by molar-refractivity contribution is 0.645. The molecule has 0 spiro atoms. The first kappa shape index (κ1) is 9.92. The zero-order valence-electron chi connectivity index (χ0n) is 9.01. The van der Waals surface area contributed by atoms with Crippen molar-refractivity contribution in [3.05, 3.63) is 35.4 Å². The largest absolute Gasteiger partial charge is 0.326 e. The third-order valence-electron chi connectivity index (χ3n) is 2.36. The minimum absolute atomic E-state index is 0.536. The fourth-order valence-electron chi connectivity index (χ4n) is 1.55. The van der Waals surface area contributed by atoms with Gasteiger partial charge in [-0.3, -0.25) is 9.36 Å². The van der Waals surface area contributed by atoms with E-state index in [0.717, 1.165) is 17.0 Å². The summed E-state index contributed by atoms with van der Waals surface area (Å²) in [7, 11) is 1.91. The Morgan fingerprint density at radius 3 is 2.73 bits per heavy atom. The highest BCUT2D eigenvalue weighted by molar-refractivity contribution is 5.15. The first-order valence-corrected chi connectivity index (χ1v) is 4.90. The summed E-state index contributed by atoms with van der Waals surface area (Å²) in [5.41, 5.74) is 8.67. The third kappa shape index (κ3) is 2.07. The fraction of sp³-hybridized carbons (Fsp3) is 0.400. The third-order valence-corrected chi connectivity index (χ3v) is 2.36. The number of aromatic nitrogens is 4. The van der Waals surface area contributed by atoms with Crippen molar-refractivity contribution in [1.29, 1.82) is 0 Å². The van der Waals surface area contributed by atoms with Crippen molar-refractivity contribution in [3.63, 3.8) is 0 Å². The van der Waals surface area contributed by atoms with E-state index in [4.69, 9.17) is 5.73 Å². The Hall–Kier alpha value is -1.62. The molecule has 0 aliphatic rings. The molecule has 2 aromatic heterocycles. The molecule has 2 N–H and O–H groups in total. The molecule has 0 bridgehead atoms. The summed E-state index contributed by atoms with van der Waals surface area (Å²) in [6, 6.07) is 1.99. The molecule has 0 radical (unpaired) electrons. The van der Waals surface area contributed by atoms with E-state index in [-0.39, 0.29) is 0 Å². The van der Waals surface area contributed by atoms with Gasteiger partial charge in [0.05, 0.1) is 17.9 Å². The molecule has 0 amide bonds. The van der Waals surface area contributed by atoms with Crippen LogP contribution < -0.4 is 5.73 Å². The van der Waals surface area contributed by atoms with Gasteiger partial charge in [-0.05, 0) is 13.0 Å². The summed E-state index contributed by atoms with van der Waals surface area (Å²) in [5, 5.41) is 8.67. The second-order valence-electron chi connectivity index (χ2n) is 3.62. The van der Waals surface area contributed by atoms with Crippen molar-refractivity contribution < 1.29 is 0 Å². The van der Waals surface area contributed by atoms with E-state index in [2.05, 4.69) is 10.2 Å². The molecule has 80 valence electrons. The summed E-state index contributed by atoms with van der Waals surface area (Å²) in [6.45, 7) is 3.20. The molecule has 0 saturated heterocycles. The first-order valence-electron chi connectivity index (χ1n) is 4.90. The zero-order chi connectivity index (χ0) is 10.8. The van der Waals surface area contributed by atoms with Crippen molar-refractivity contribution in [2.24, 2.45) is 12.8 Å². The molecule has 0 fully saturated rings. The van der Waals surface area contributed by atoms with Crippen molar-refractivity contribution in [1.82, 2.24) is 19.6 Å². The Kier molecular flexibility index (Phi) is 2.55. The molecule has 2 aromatic rings. The summed E-state index contributed by atoms with van der Waals surface area (Å²) >= 11 is 0. The van der Waals surface area contributed by atoms with E-state index < -0.39 is 0 Å². The molecule has 0 saturated carbocycles. The normalized spacial score (nSPS) is 10.9. The van der Waals surface area contributed by atoms with Gasteiger partial charge in [0.2, 0.25) is 0 Å². The average molecular weight is 205 g/mol. The Morgan fingerprint density at radius 2 is 2.20 bits per heavy atom. The topological polar surface area (TPSA) is 61.7 Å². The van der Waals surface area contributed by atoms with E-state index in [1.54, 1.807) is 4.68 Å². The van der Waals surface area contributed by atoms with Crippen LogP contribution in [0.2, 0.25) is 0 Å². The lowest BCUT2D eigenvalue weighted by Crippen LogP contribution is -2.02. The fourth-order valence-corrected chi connectivity index (χ4v) is 1.55. The summed E-state index contributed by atoms with van der Waals surface area (Å²) < 4.78 is 3.66. The van der Waals surface area contributed by atoms with Crippen LogP contribution in [-0.2, 0) is 20.1 Å². The van der Waals surface area contributed by atoms with Gasteiger partial charge in [-0.15, -0.1) is 0 Å². The number of hydrogen-bond acceptors (Lipinski definition) is 3. The van der Waals surface area contributed by atoms with Crippen molar-refractivity contribution in [2.45, 2.75) is 20.0 Å². The highest BCUT2D eigenvalue weighted by Crippen LogP contribution is 2.06. The molecular formula is C10H15N5. The summed E-state index contributed by atoms with van der Waals surface area (Å²) in [5.74, 6) is 0. The highest BCUT2D eigenvalue weighted by atomic mass is 15.3. The van der Waals surface area contributed by atoms with Gasteiger partial charge in [-0.25, -0.2) is 0 Å². The maximum absolute atomic E-state index is 5.59. The van der Waals surface area contributed by atoms with Gasteiger partial charge in [0, 0.05) is 31.5 Å². The molecule has 0 unspecified atom stereocenters. The van der Waals surface area contributed by atoms with Crippen LogP contribution in [0.5, 0.6) is 0 Å². The standard InChI is InChI=1S/C10H15N5/c1-8-9(5-11)6-15(12-8)7-10-3-4-14(2)13-10/h3-4,6H,5,7,11H2,1-2H3. The van der Waals surface area contributed by atoms with E-state index in [1.165, 1.54) is 0 Å². The second-order valence-corrected chi connectivity index (χ2v) is 3.62. The van der Waals surface area contributed by atoms with Crippen LogP contribution in [0.4, 0.5) is 0 Å². The lowest BCUT2D eigenvalue weighted by Gasteiger charge is -1.96. The van der Waals surface area contributed by atoms with Gasteiger partial charge >= 0.3 is 0 Å². The molecule has 5 heteroatoms. The number of nitrogens with zero attached hydrogens (tertiary/aromatic N) is 4. The predicted molar refractivity (Wildman–Crippen MR) is 57.2 cm³/mol. The Morgan fingerprint density at radius 1 is 1.40 bits per heavy atom. The molecule has 2 rings (SSSR count). The minimum Gasteiger partial charge on any atom is -0.326 e. The van der Waals surface area contributed by atoms with Crippen LogP contribution in [0.1, 0.15) is 17.0 Å². The van der Waals surface area contributed by atoms with E-state index in [1.807, 2.05) is 37.1 Å². The van der Waals surface area contributed by atoms with Crippen LogP contribution >= 0.6 is 0 Å². The van der Waals surface area contributed by atoms with Crippen LogP contribution in [0.25, 0.3) is 0 Å². The van der Waals surface area contributed by atoms with Crippen molar-refractivity contribution >= 4 is 0 Å². The van der Waals surface area contributed by atoms with Crippen LogP contribution in [0.15, 0.2) is 18.5 Å². The predicted octanol–water partition coefficient (Wildman–Crippen LogP) is 0.432. The zero-order valence-corrected chi connectivity index (χ0v) is 9.01. The quantitative estimate of drug-likeness (QED) is 0.790. The summed E-state index contributed by atoms with van der Waals surface area (Å²) in [4.78, 5) is 0. The molecular weight excluding hydrogens is 190 g/mol.